The van der Waals surface area contributed by atoms with Gasteiger partial charge in [0.05, 0.1) is 12.7 Å². The average molecular weight is 175 g/mol. The van der Waals surface area contributed by atoms with Gasteiger partial charge in [-0.1, -0.05) is 6.92 Å². The summed E-state index contributed by atoms with van der Waals surface area (Å²) in [4.78, 5) is 2.06. The molecule has 0 aliphatic heterocycles. The lowest BCUT2D eigenvalue weighted by Gasteiger charge is -2.14. The second-order valence-electron chi connectivity index (χ2n) is 3.32. The molecule has 1 atom stereocenters. The van der Waals surface area contributed by atoms with E-state index in [1.54, 1.807) is 0 Å². The third-order valence-electron chi connectivity index (χ3n) is 1.57. The van der Waals surface area contributed by atoms with Gasteiger partial charge >= 0.3 is 0 Å². The van der Waals surface area contributed by atoms with E-state index >= 15 is 0 Å². The molecule has 0 aromatic heterocycles. The Morgan fingerprint density at radius 3 is 2.58 bits per heavy atom. The fraction of sp³-hybridized carbons (Fsp3) is 1.00. The minimum absolute atomic E-state index is 0.307. The molecule has 0 aromatic rings. The topological polar surface area (TPSA) is 32.7 Å². The van der Waals surface area contributed by atoms with Crippen molar-refractivity contribution in [1.82, 2.24) is 4.90 Å². The smallest absolute Gasteiger partial charge is 0.0785 e. The maximum absolute atomic E-state index is 9.37. The molecule has 3 nitrogen and oxygen atoms in total. The van der Waals surface area contributed by atoms with Gasteiger partial charge in [0, 0.05) is 13.2 Å². The van der Waals surface area contributed by atoms with Crippen LogP contribution in [-0.4, -0.2) is 50.0 Å². The Hall–Kier alpha value is -0.120. The molecule has 0 heterocycles. The highest BCUT2D eigenvalue weighted by atomic mass is 16.5. The van der Waals surface area contributed by atoms with Crippen molar-refractivity contribution in [3.05, 3.63) is 0 Å². The Morgan fingerprint density at radius 2 is 2.08 bits per heavy atom. The molecule has 0 aliphatic rings. The van der Waals surface area contributed by atoms with Gasteiger partial charge in [-0.15, -0.1) is 0 Å². The van der Waals surface area contributed by atoms with E-state index < -0.39 is 0 Å². The predicted octanol–water partition coefficient (Wildman–Crippen LogP) is 0.726. The number of aliphatic hydroxyl groups is 1. The third-order valence-corrected chi connectivity index (χ3v) is 1.57. The van der Waals surface area contributed by atoms with Crippen LogP contribution in [0.4, 0.5) is 0 Å². The Kier molecular flexibility index (Phi) is 7.45. The van der Waals surface area contributed by atoms with Crippen LogP contribution >= 0.6 is 0 Å². The molecule has 0 aromatic carbocycles. The maximum atomic E-state index is 9.37. The lowest BCUT2D eigenvalue weighted by Crippen LogP contribution is -2.23. The van der Waals surface area contributed by atoms with Crippen LogP contribution in [0.1, 0.15) is 19.8 Å². The zero-order valence-corrected chi connectivity index (χ0v) is 8.42. The number of hydrogen-bond acceptors (Lipinski definition) is 3. The van der Waals surface area contributed by atoms with E-state index in [2.05, 4.69) is 11.8 Å². The Labute approximate surface area is 75.3 Å². The summed E-state index contributed by atoms with van der Waals surface area (Å²) in [6.45, 7) is 4.20. The first-order chi connectivity index (χ1) is 5.66. The Morgan fingerprint density at radius 1 is 1.42 bits per heavy atom. The average Bonchev–Trinajstić information content (AvgIpc) is 2.01. The van der Waals surface area contributed by atoms with Crippen molar-refractivity contribution in [3.8, 4) is 0 Å². The van der Waals surface area contributed by atoms with E-state index in [0.29, 0.717) is 6.61 Å². The lowest BCUT2D eigenvalue weighted by atomic mass is 10.2. The van der Waals surface area contributed by atoms with Crippen LogP contribution in [0.25, 0.3) is 0 Å². The van der Waals surface area contributed by atoms with Crippen molar-refractivity contribution in [3.63, 3.8) is 0 Å². The van der Waals surface area contributed by atoms with E-state index in [1.807, 2.05) is 14.1 Å². The van der Waals surface area contributed by atoms with Crippen molar-refractivity contribution >= 4 is 0 Å². The maximum Gasteiger partial charge on any atom is 0.0785 e. The van der Waals surface area contributed by atoms with Crippen molar-refractivity contribution in [2.75, 3.05) is 33.9 Å². The number of rotatable bonds is 7. The molecule has 0 amide bonds. The van der Waals surface area contributed by atoms with E-state index in [9.17, 15) is 5.11 Å². The van der Waals surface area contributed by atoms with Gasteiger partial charge in [0.15, 0.2) is 0 Å². The van der Waals surface area contributed by atoms with Crippen LogP contribution in [0.2, 0.25) is 0 Å². The van der Waals surface area contributed by atoms with Gasteiger partial charge in [-0.05, 0) is 26.9 Å². The van der Waals surface area contributed by atoms with Crippen LogP contribution in [0.15, 0.2) is 0 Å². The summed E-state index contributed by atoms with van der Waals surface area (Å²) in [5.74, 6) is 0. The monoisotopic (exact) mass is 175 g/mol. The molecule has 3 heteroatoms. The molecule has 0 bridgehead atoms. The summed E-state index contributed by atoms with van der Waals surface area (Å²) < 4.78 is 5.21. The normalized spacial score (nSPS) is 13.8. The third kappa shape index (κ3) is 7.98. The van der Waals surface area contributed by atoms with E-state index in [4.69, 9.17) is 4.74 Å². The molecule has 12 heavy (non-hydrogen) atoms. The minimum Gasteiger partial charge on any atom is -0.391 e. The zero-order chi connectivity index (χ0) is 9.40. The summed E-state index contributed by atoms with van der Waals surface area (Å²) in [5, 5.41) is 9.37. The Balaban J connectivity index is 3.15. The standard InChI is InChI=1S/C9H21NO2/c1-4-7-12-8-9(11)5-6-10(2)3/h9,11H,4-8H2,1-3H3. The molecule has 0 rings (SSSR count). The second-order valence-corrected chi connectivity index (χ2v) is 3.32. The SMILES string of the molecule is CCCOCC(O)CCN(C)C. The second kappa shape index (κ2) is 7.53. The molecule has 1 N–H and O–H groups in total. The highest BCUT2D eigenvalue weighted by Gasteiger charge is 2.03. The van der Waals surface area contributed by atoms with Gasteiger partial charge in [-0.2, -0.15) is 0 Å². The zero-order valence-electron chi connectivity index (χ0n) is 8.42. The van der Waals surface area contributed by atoms with Crippen molar-refractivity contribution in [2.24, 2.45) is 0 Å². The molecule has 0 saturated heterocycles. The molecular formula is C9H21NO2. The molecule has 74 valence electrons. The number of ether oxygens (including phenoxy) is 1. The summed E-state index contributed by atoms with van der Waals surface area (Å²) >= 11 is 0. The fourth-order valence-electron chi connectivity index (χ4n) is 0.854. The van der Waals surface area contributed by atoms with Crippen LogP contribution in [-0.2, 0) is 4.74 Å². The molecule has 0 saturated carbocycles. The number of aliphatic hydroxyl groups excluding tert-OH is 1. The summed E-state index contributed by atoms with van der Waals surface area (Å²) in [7, 11) is 4.00. The lowest BCUT2D eigenvalue weighted by molar-refractivity contribution is 0.0296. The van der Waals surface area contributed by atoms with Gasteiger partial charge in [0.25, 0.3) is 0 Å². The highest BCUT2D eigenvalue weighted by Crippen LogP contribution is 1.94. The van der Waals surface area contributed by atoms with Crippen LogP contribution in [0.5, 0.6) is 0 Å². The number of nitrogens with zero attached hydrogens (tertiary/aromatic N) is 1. The number of hydrogen-bond donors (Lipinski definition) is 1. The molecular weight excluding hydrogens is 154 g/mol. The molecule has 0 spiro atoms. The first-order valence-corrected chi connectivity index (χ1v) is 4.57. The van der Waals surface area contributed by atoms with E-state index in [0.717, 1.165) is 26.0 Å². The predicted molar refractivity (Wildman–Crippen MR) is 50.3 cm³/mol. The minimum atomic E-state index is -0.307. The summed E-state index contributed by atoms with van der Waals surface area (Å²) in [6.07, 6.45) is 1.50. The molecule has 0 radical (unpaired) electrons. The molecule has 1 unspecified atom stereocenters. The molecule has 0 fully saturated rings. The molecule has 0 aliphatic carbocycles. The quantitative estimate of drug-likeness (QED) is 0.579. The van der Waals surface area contributed by atoms with Crippen molar-refractivity contribution < 1.29 is 9.84 Å². The van der Waals surface area contributed by atoms with E-state index in [1.165, 1.54) is 0 Å². The summed E-state index contributed by atoms with van der Waals surface area (Å²) in [5.41, 5.74) is 0. The van der Waals surface area contributed by atoms with Crippen LogP contribution < -0.4 is 0 Å². The first-order valence-electron chi connectivity index (χ1n) is 4.57. The van der Waals surface area contributed by atoms with Gasteiger partial charge in [0.1, 0.15) is 0 Å². The largest absolute Gasteiger partial charge is 0.391 e. The summed E-state index contributed by atoms with van der Waals surface area (Å²) in [6, 6.07) is 0. The van der Waals surface area contributed by atoms with Crippen molar-refractivity contribution in [1.29, 1.82) is 0 Å². The van der Waals surface area contributed by atoms with E-state index in [-0.39, 0.29) is 6.10 Å². The van der Waals surface area contributed by atoms with Gasteiger partial charge in [-0.25, -0.2) is 0 Å². The van der Waals surface area contributed by atoms with Gasteiger partial charge in [-0.3, -0.25) is 0 Å². The Bertz CT molecular complexity index is 96.5. The van der Waals surface area contributed by atoms with Gasteiger partial charge < -0.3 is 14.7 Å². The highest BCUT2D eigenvalue weighted by molar-refractivity contribution is 4.55. The van der Waals surface area contributed by atoms with Gasteiger partial charge in [0.2, 0.25) is 0 Å². The van der Waals surface area contributed by atoms with Crippen LogP contribution in [0, 0.1) is 0 Å². The fourth-order valence-corrected chi connectivity index (χ4v) is 0.854. The first kappa shape index (κ1) is 11.9. The van der Waals surface area contributed by atoms with Crippen LogP contribution in [0.3, 0.4) is 0 Å². The van der Waals surface area contributed by atoms with Crippen molar-refractivity contribution in [2.45, 2.75) is 25.9 Å².